The molecule has 0 radical (unpaired) electrons. The highest BCUT2D eigenvalue weighted by molar-refractivity contribution is 7.80. The van der Waals surface area contributed by atoms with Crippen LogP contribution < -0.4 is 15.4 Å². The summed E-state index contributed by atoms with van der Waals surface area (Å²) in [5, 5.41) is 6.53. The van der Waals surface area contributed by atoms with Gasteiger partial charge in [0.05, 0.1) is 25.5 Å². The smallest absolute Gasteiger partial charge is 0.337 e. The maximum absolute atomic E-state index is 11.5. The van der Waals surface area contributed by atoms with Crippen LogP contribution >= 0.6 is 12.2 Å². The number of hydrogen-bond acceptors (Lipinski definition) is 4. The van der Waals surface area contributed by atoms with E-state index in [2.05, 4.69) is 10.6 Å². The summed E-state index contributed by atoms with van der Waals surface area (Å²) >= 11 is 5.31. The topological polar surface area (TPSA) is 59.6 Å². The van der Waals surface area contributed by atoms with Crippen molar-refractivity contribution in [3.05, 3.63) is 53.6 Å². The van der Waals surface area contributed by atoms with Crippen LogP contribution in [0.25, 0.3) is 0 Å². The van der Waals surface area contributed by atoms with Gasteiger partial charge in [-0.3, -0.25) is 0 Å². The molecular formula is C17H18N2O3S. The molecule has 0 atom stereocenters. The van der Waals surface area contributed by atoms with E-state index < -0.39 is 5.97 Å². The first kappa shape index (κ1) is 16.8. The fraction of sp³-hybridized carbons (Fsp3) is 0.176. The predicted octanol–water partition coefficient (Wildman–Crippen LogP) is 3.60. The molecular weight excluding hydrogens is 312 g/mol. The van der Waals surface area contributed by atoms with Crippen molar-refractivity contribution in [2.24, 2.45) is 0 Å². The second kappa shape index (κ2) is 7.60. The zero-order valence-electron chi connectivity index (χ0n) is 13.2. The number of nitrogens with one attached hydrogen (secondary N) is 2. The van der Waals surface area contributed by atoms with Gasteiger partial charge in [0.25, 0.3) is 0 Å². The van der Waals surface area contributed by atoms with Crippen molar-refractivity contribution < 1.29 is 14.3 Å². The van der Waals surface area contributed by atoms with Crippen LogP contribution in [0.4, 0.5) is 11.4 Å². The molecule has 6 heteroatoms. The number of carbonyl (C=O) groups excluding carboxylic acids is 1. The average Bonchev–Trinajstić information content (AvgIpc) is 2.54. The summed E-state index contributed by atoms with van der Waals surface area (Å²) in [5.74, 6) is 0.302. The highest BCUT2D eigenvalue weighted by atomic mass is 32.1. The van der Waals surface area contributed by atoms with E-state index in [0.717, 1.165) is 11.3 Å². The first-order valence-corrected chi connectivity index (χ1v) is 7.35. The Hall–Kier alpha value is -2.60. The lowest BCUT2D eigenvalue weighted by Crippen LogP contribution is -2.19. The molecule has 23 heavy (non-hydrogen) atoms. The maximum Gasteiger partial charge on any atom is 0.337 e. The third-order valence-corrected chi connectivity index (χ3v) is 3.35. The van der Waals surface area contributed by atoms with Gasteiger partial charge < -0.3 is 20.1 Å². The molecule has 0 fully saturated rings. The molecule has 0 aliphatic rings. The second-order valence-corrected chi connectivity index (χ2v) is 5.26. The van der Waals surface area contributed by atoms with Gasteiger partial charge in [0.1, 0.15) is 5.75 Å². The molecule has 0 aromatic heterocycles. The summed E-state index contributed by atoms with van der Waals surface area (Å²) in [4.78, 5) is 11.5. The number of anilines is 2. The van der Waals surface area contributed by atoms with Crippen molar-refractivity contribution in [1.29, 1.82) is 0 Å². The van der Waals surface area contributed by atoms with Crippen molar-refractivity contribution in [2.45, 2.75) is 6.92 Å². The third-order valence-electron chi connectivity index (χ3n) is 3.14. The predicted molar refractivity (Wildman–Crippen MR) is 95.4 cm³/mol. The third kappa shape index (κ3) is 4.43. The van der Waals surface area contributed by atoms with Crippen LogP contribution in [0.1, 0.15) is 15.9 Å². The molecule has 120 valence electrons. The van der Waals surface area contributed by atoms with E-state index in [1.165, 1.54) is 7.11 Å². The molecule has 0 amide bonds. The minimum atomic E-state index is -0.395. The Morgan fingerprint density at radius 1 is 1.09 bits per heavy atom. The number of ether oxygens (including phenoxy) is 2. The molecule has 0 spiro atoms. The zero-order valence-corrected chi connectivity index (χ0v) is 14.0. The van der Waals surface area contributed by atoms with Gasteiger partial charge in [0, 0.05) is 5.69 Å². The number of methoxy groups -OCH3 is 2. The average molecular weight is 330 g/mol. The number of rotatable bonds is 4. The Bertz CT molecular complexity index is 732. The number of thiocarbonyl (C=S) groups is 1. The Kier molecular flexibility index (Phi) is 5.54. The van der Waals surface area contributed by atoms with E-state index in [1.54, 1.807) is 25.3 Å². The van der Waals surface area contributed by atoms with Crippen LogP contribution in [0, 0.1) is 6.92 Å². The van der Waals surface area contributed by atoms with Crippen molar-refractivity contribution >= 4 is 34.7 Å². The Morgan fingerprint density at radius 3 is 2.57 bits per heavy atom. The highest BCUT2D eigenvalue weighted by Crippen LogP contribution is 2.25. The molecule has 0 unspecified atom stereocenters. The van der Waals surface area contributed by atoms with Gasteiger partial charge >= 0.3 is 5.97 Å². The van der Waals surface area contributed by atoms with Gasteiger partial charge in [-0.05, 0) is 55.0 Å². The molecule has 5 nitrogen and oxygen atoms in total. The minimum absolute atomic E-state index is 0.395. The fourth-order valence-corrected chi connectivity index (χ4v) is 2.27. The Balaban J connectivity index is 2.11. The van der Waals surface area contributed by atoms with Crippen molar-refractivity contribution in [3.8, 4) is 5.75 Å². The summed E-state index contributed by atoms with van der Waals surface area (Å²) in [6.45, 7) is 1.99. The largest absolute Gasteiger partial charge is 0.495 e. The van der Waals surface area contributed by atoms with Gasteiger partial charge in [0.2, 0.25) is 0 Å². The molecule has 2 aromatic rings. The molecule has 0 saturated carbocycles. The van der Waals surface area contributed by atoms with Crippen molar-refractivity contribution in [3.63, 3.8) is 0 Å². The summed E-state index contributed by atoms with van der Waals surface area (Å²) in [6, 6.07) is 12.7. The summed E-state index contributed by atoms with van der Waals surface area (Å²) in [6.07, 6.45) is 0. The first-order valence-electron chi connectivity index (χ1n) is 6.94. The van der Waals surface area contributed by atoms with E-state index in [-0.39, 0.29) is 0 Å². The lowest BCUT2D eigenvalue weighted by molar-refractivity contribution is 0.0601. The van der Waals surface area contributed by atoms with Gasteiger partial charge in [-0.1, -0.05) is 12.1 Å². The second-order valence-electron chi connectivity index (χ2n) is 4.86. The van der Waals surface area contributed by atoms with E-state index in [4.69, 9.17) is 21.7 Å². The summed E-state index contributed by atoms with van der Waals surface area (Å²) < 4.78 is 10.0. The number of benzene rings is 2. The summed E-state index contributed by atoms with van der Waals surface area (Å²) in [5.41, 5.74) is 3.00. The molecule has 2 aromatic carbocycles. The normalized spacial score (nSPS) is 9.87. The number of carbonyl (C=O) groups is 1. The quantitative estimate of drug-likeness (QED) is 0.660. The number of aryl methyl sites for hydroxylation is 1. The lowest BCUT2D eigenvalue weighted by Gasteiger charge is -2.14. The molecule has 0 heterocycles. The van der Waals surface area contributed by atoms with Gasteiger partial charge in [0.15, 0.2) is 5.11 Å². The van der Waals surface area contributed by atoms with Gasteiger partial charge in [-0.25, -0.2) is 4.79 Å². The van der Waals surface area contributed by atoms with Crippen molar-refractivity contribution in [1.82, 2.24) is 0 Å². The standard InChI is InChI=1S/C17H18N2O3S/c1-11-7-8-15(21-2)14(9-11)19-17(23)18-13-6-4-5-12(10-13)16(20)22-3/h4-10H,1-3H3,(H2,18,19,23). The summed E-state index contributed by atoms with van der Waals surface area (Å²) in [7, 11) is 2.95. The number of hydrogen-bond donors (Lipinski definition) is 2. The minimum Gasteiger partial charge on any atom is -0.495 e. The van der Waals surface area contributed by atoms with Crippen LogP contribution in [-0.4, -0.2) is 25.3 Å². The maximum atomic E-state index is 11.5. The lowest BCUT2D eigenvalue weighted by atomic mass is 10.2. The highest BCUT2D eigenvalue weighted by Gasteiger charge is 2.08. The number of esters is 1. The van der Waals surface area contributed by atoms with Crippen molar-refractivity contribution in [2.75, 3.05) is 24.9 Å². The van der Waals surface area contributed by atoms with E-state index >= 15 is 0 Å². The molecule has 0 aliphatic heterocycles. The van der Waals surface area contributed by atoms with Gasteiger partial charge in [-0.15, -0.1) is 0 Å². The van der Waals surface area contributed by atoms with E-state index in [1.807, 2.05) is 31.2 Å². The van der Waals surface area contributed by atoms with Crippen LogP contribution in [0.3, 0.4) is 0 Å². The monoisotopic (exact) mass is 330 g/mol. The van der Waals surface area contributed by atoms with Crippen LogP contribution in [0.2, 0.25) is 0 Å². The molecule has 0 bridgehead atoms. The van der Waals surface area contributed by atoms with Crippen LogP contribution in [0.5, 0.6) is 5.75 Å². The molecule has 2 N–H and O–H groups in total. The zero-order chi connectivity index (χ0) is 16.8. The van der Waals surface area contributed by atoms with Gasteiger partial charge in [-0.2, -0.15) is 0 Å². The fourth-order valence-electron chi connectivity index (χ4n) is 2.05. The SMILES string of the molecule is COC(=O)c1cccc(NC(=S)Nc2cc(C)ccc2OC)c1. The molecule has 2 rings (SSSR count). The van der Waals surface area contributed by atoms with Crippen LogP contribution in [-0.2, 0) is 4.74 Å². The Labute approximate surface area is 140 Å². The van der Waals surface area contributed by atoms with Crippen LogP contribution in [0.15, 0.2) is 42.5 Å². The molecule has 0 saturated heterocycles. The molecule has 0 aliphatic carbocycles. The first-order chi connectivity index (χ1) is 11.0. The van der Waals surface area contributed by atoms with E-state index in [0.29, 0.717) is 22.1 Å². The van der Waals surface area contributed by atoms with E-state index in [9.17, 15) is 4.79 Å². The Morgan fingerprint density at radius 2 is 1.87 bits per heavy atom.